The van der Waals surface area contributed by atoms with Crippen LogP contribution in [0.1, 0.15) is 31.2 Å². The topological polar surface area (TPSA) is 92.4 Å². The zero-order chi connectivity index (χ0) is 22.0. The molecule has 0 N–H and O–H groups in total. The fraction of sp³-hybridized carbons (Fsp3) is 0.381. The molecule has 10 heteroatoms. The van der Waals surface area contributed by atoms with Crippen LogP contribution in [-0.4, -0.2) is 54.1 Å². The molecule has 1 saturated heterocycles. The molecule has 0 radical (unpaired) electrons. The molecule has 1 aliphatic heterocycles. The van der Waals surface area contributed by atoms with Crippen LogP contribution in [0.25, 0.3) is 11.5 Å². The Kier molecular flexibility index (Phi) is 6.01. The number of piperazine rings is 1. The fourth-order valence-electron chi connectivity index (χ4n) is 3.50. The summed E-state index contributed by atoms with van der Waals surface area (Å²) in [7, 11) is -3.55. The molecule has 1 aromatic carbocycles. The Hall–Kier alpha value is -2.85. The molecule has 0 aliphatic carbocycles. The van der Waals surface area contributed by atoms with E-state index in [-0.39, 0.29) is 11.7 Å². The summed E-state index contributed by atoms with van der Waals surface area (Å²) in [6.45, 7) is 5.52. The van der Waals surface area contributed by atoms with Gasteiger partial charge in [-0.05, 0) is 29.8 Å². The van der Waals surface area contributed by atoms with Crippen LogP contribution in [0.2, 0.25) is 0 Å². The maximum atomic E-state index is 13.4. The lowest BCUT2D eigenvalue weighted by Gasteiger charge is -2.35. The lowest BCUT2D eigenvalue weighted by molar-refractivity contribution is 0.383. The summed E-state index contributed by atoms with van der Waals surface area (Å²) in [4.78, 5) is 6.50. The molecule has 2 aromatic heterocycles. The van der Waals surface area contributed by atoms with Gasteiger partial charge in [-0.25, -0.2) is 17.8 Å². The Labute approximate surface area is 180 Å². The van der Waals surface area contributed by atoms with E-state index in [1.807, 2.05) is 24.8 Å². The summed E-state index contributed by atoms with van der Waals surface area (Å²) < 4.78 is 46.2. The second kappa shape index (κ2) is 8.72. The number of rotatable bonds is 6. The van der Waals surface area contributed by atoms with Crippen LogP contribution < -0.4 is 4.90 Å². The van der Waals surface area contributed by atoms with E-state index in [0.717, 1.165) is 5.56 Å². The largest absolute Gasteiger partial charge is 0.420 e. The number of halogens is 1. The van der Waals surface area contributed by atoms with Gasteiger partial charge in [0.15, 0.2) is 0 Å². The Morgan fingerprint density at radius 1 is 1.10 bits per heavy atom. The lowest BCUT2D eigenvalue weighted by atomic mass is 10.2. The monoisotopic (exact) mass is 445 g/mol. The van der Waals surface area contributed by atoms with Crippen molar-refractivity contribution in [3.05, 3.63) is 59.9 Å². The molecule has 1 aliphatic rings. The quantitative estimate of drug-likeness (QED) is 0.576. The summed E-state index contributed by atoms with van der Waals surface area (Å²) in [5, 5.41) is 8.24. The molecule has 1 fully saturated rings. The van der Waals surface area contributed by atoms with Gasteiger partial charge in [-0.1, -0.05) is 26.0 Å². The molecule has 3 heterocycles. The highest BCUT2D eigenvalue weighted by molar-refractivity contribution is 7.88. The normalized spacial score (nSPS) is 15.5. The minimum atomic E-state index is -3.55. The summed E-state index contributed by atoms with van der Waals surface area (Å²) in [5.41, 5.74) is 1.16. The Morgan fingerprint density at radius 3 is 2.55 bits per heavy atom. The molecular weight excluding hydrogens is 421 g/mol. The minimum Gasteiger partial charge on any atom is -0.420 e. The average molecular weight is 446 g/mol. The number of anilines is 1. The molecule has 0 bridgehead atoms. The standard InChI is InChI=1S/C21H24FN5O3S/c1-15(2)20-24-25-21(30-20)18-7-4-8-23-19(18)26-9-11-27(12-10-26)31(28,29)14-16-5-3-6-17(22)13-16/h3-8,13,15H,9-12,14H2,1-2H3. The number of hydrogen-bond donors (Lipinski definition) is 0. The first kappa shape index (κ1) is 21.4. The Morgan fingerprint density at radius 2 is 1.87 bits per heavy atom. The Balaban J connectivity index is 1.48. The smallest absolute Gasteiger partial charge is 0.251 e. The highest BCUT2D eigenvalue weighted by atomic mass is 32.2. The third-order valence-corrected chi connectivity index (χ3v) is 6.97. The summed E-state index contributed by atoms with van der Waals surface area (Å²) in [5.74, 6) is 1.09. The first-order chi connectivity index (χ1) is 14.8. The van der Waals surface area contributed by atoms with Gasteiger partial charge in [0.2, 0.25) is 15.9 Å². The van der Waals surface area contributed by atoms with Gasteiger partial charge in [0.05, 0.1) is 11.3 Å². The van der Waals surface area contributed by atoms with Crippen molar-refractivity contribution >= 4 is 15.8 Å². The van der Waals surface area contributed by atoms with E-state index in [9.17, 15) is 12.8 Å². The van der Waals surface area contributed by atoms with Crippen LogP contribution in [0.3, 0.4) is 0 Å². The molecule has 164 valence electrons. The number of sulfonamides is 1. The molecule has 0 unspecified atom stereocenters. The molecule has 4 rings (SSSR count). The minimum absolute atomic E-state index is 0.119. The van der Waals surface area contributed by atoms with Crippen molar-refractivity contribution in [2.45, 2.75) is 25.5 Å². The van der Waals surface area contributed by atoms with Crippen LogP contribution >= 0.6 is 0 Å². The summed E-state index contributed by atoms with van der Waals surface area (Å²) in [6.07, 6.45) is 1.69. The maximum Gasteiger partial charge on any atom is 0.251 e. The fourth-order valence-corrected chi connectivity index (χ4v) is 5.00. The molecule has 0 amide bonds. The van der Waals surface area contributed by atoms with Crippen LogP contribution in [0, 0.1) is 5.82 Å². The predicted molar refractivity (Wildman–Crippen MR) is 114 cm³/mol. The van der Waals surface area contributed by atoms with Crippen LogP contribution in [-0.2, 0) is 15.8 Å². The second-order valence-corrected chi connectivity index (χ2v) is 9.72. The van der Waals surface area contributed by atoms with E-state index in [1.54, 1.807) is 18.3 Å². The Bertz CT molecular complexity index is 1160. The van der Waals surface area contributed by atoms with Gasteiger partial charge in [0.25, 0.3) is 5.89 Å². The highest BCUT2D eigenvalue weighted by Gasteiger charge is 2.29. The van der Waals surface area contributed by atoms with E-state index < -0.39 is 15.8 Å². The van der Waals surface area contributed by atoms with Gasteiger partial charge in [0.1, 0.15) is 11.6 Å². The van der Waals surface area contributed by atoms with E-state index in [4.69, 9.17) is 4.42 Å². The van der Waals surface area contributed by atoms with E-state index >= 15 is 0 Å². The van der Waals surface area contributed by atoms with Gasteiger partial charge in [-0.15, -0.1) is 10.2 Å². The molecule has 8 nitrogen and oxygen atoms in total. The summed E-state index contributed by atoms with van der Waals surface area (Å²) >= 11 is 0. The van der Waals surface area contributed by atoms with E-state index in [1.165, 1.54) is 22.5 Å². The van der Waals surface area contributed by atoms with Gasteiger partial charge in [-0.2, -0.15) is 4.31 Å². The van der Waals surface area contributed by atoms with Gasteiger partial charge < -0.3 is 9.32 Å². The van der Waals surface area contributed by atoms with E-state index in [2.05, 4.69) is 15.2 Å². The molecular formula is C21H24FN5O3S. The van der Waals surface area contributed by atoms with Gasteiger partial charge in [-0.3, -0.25) is 0 Å². The first-order valence-electron chi connectivity index (χ1n) is 10.1. The number of nitrogens with zero attached hydrogens (tertiary/aromatic N) is 5. The van der Waals surface area contributed by atoms with Crippen molar-refractivity contribution in [2.24, 2.45) is 0 Å². The van der Waals surface area contributed by atoms with Gasteiger partial charge >= 0.3 is 0 Å². The first-order valence-corrected chi connectivity index (χ1v) is 11.7. The van der Waals surface area contributed by atoms with Crippen molar-refractivity contribution in [2.75, 3.05) is 31.1 Å². The lowest BCUT2D eigenvalue weighted by Crippen LogP contribution is -2.49. The molecule has 3 aromatic rings. The van der Waals surface area contributed by atoms with Crippen molar-refractivity contribution in [3.63, 3.8) is 0 Å². The zero-order valence-corrected chi connectivity index (χ0v) is 18.2. The molecule has 0 spiro atoms. The SMILES string of the molecule is CC(C)c1nnc(-c2cccnc2N2CCN(S(=O)(=O)Cc3cccc(F)c3)CC2)o1. The summed E-state index contributed by atoms with van der Waals surface area (Å²) in [6, 6.07) is 9.36. The molecule has 0 saturated carbocycles. The predicted octanol–water partition coefficient (Wildman–Crippen LogP) is 3.05. The maximum absolute atomic E-state index is 13.4. The van der Waals surface area contributed by atoms with Crippen LogP contribution in [0.5, 0.6) is 0 Å². The third kappa shape index (κ3) is 4.75. The van der Waals surface area contributed by atoms with Crippen LogP contribution in [0.4, 0.5) is 10.2 Å². The van der Waals surface area contributed by atoms with Crippen molar-refractivity contribution < 1.29 is 17.2 Å². The second-order valence-electron chi connectivity index (χ2n) is 7.75. The van der Waals surface area contributed by atoms with Crippen molar-refractivity contribution in [1.82, 2.24) is 19.5 Å². The van der Waals surface area contributed by atoms with E-state index in [0.29, 0.717) is 49.3 Å². The number of pyridine rings is 1. The molecule has 0 atom stereocenters. The zero-order valence-electron chi connectivity index (χ0n) is 17.4. The van der Waals surface area contributed by atoms with Crippen molar-refractivity contribution in [3.8, 4) is 11.5 Å². The highest BCUT2D eigenvalue weighted by Crippen LogP contribution is 2.30. The van der Waals surface area contributed by atoms with Crippen molar-refractivity contribution in [1.29, 1.82) is 0 Å². The molecule has 31 heavy (non-hydrogen) atoms. The number of benzene rings is 1. The number of hydrogen-bond acceptors (Lipinski definition) is 7. The van der Waals surface area contributed by atoms with Crippen LogP contribution in [0.15, 0.2) is 47.0 Å². The number of aromatic nitrogens is 3. The average Bonchev–Trinajstić information content (AvgIpc) is 3.24. The third-order valence-electron chi connectivity index (χ3n) is 5.12. The van der Waals surface area contributed by atoms with Gasteiger partial charge in [0, 0.05) is 38.3 Å².